The molecule has 156 valence electrons. The lowest BCUT2D eigenvalue weighted by Crippen LogP contribution is -2.55. The van der Waals surface area contributed by atoms with Crippen LogP contribution in [0.3, 0.4) is 0 Å². The van der Waals surface area contributed by atoms with Gasteiger partial charge in [0.1, 0.15) is 16.5 Å². The van der Waals surface area contributed by atoms with E-state index in [4.69, 9.17) is 16.3 Å². The second-order valence-corrected chi connectivity index (χ2v) is 9.84. The fourth-order valence-electron chi connectivity index (χ4n) is 2.76. The van der Waals surface area contributed by atoms with E-state index in [0.29, 0.717) is 0 Å². The molecule has 1 fully saturated rings. The van der Waals surface area contributed by atoms with Gasteiger partial charge >= 0.3 is 6.09 Å². The van der Waals surface area contributed by atoms with Gasteiger partial charge in [-0.1, -0.05) is 23.7 Å². The third-order valence-electron chi connectivity index (χ3n) is 4.11. The van der Waals surface area contributed by atoms with Crippen LogP contribution in [0.25, 0.3) is 0 Å². The third kappa shape index (κ3) is 5.59. The number of hydrogen-bond acceptors (Lipinski definition) is 5. The Morgan fingerprint density at radius 3 is 2.25 bits per heavy atom. The summed E-state index contributed by atoms with van der Waals surface area (Å²) in [4.78, 5) is 26.0. The highest BCUT2D eigenvalue weighted by Gasteiger charge is 2.33. The van der Waals surface area contributed by atoms with Crippen LogP contribution in [0.5, 0.6) is 0 Å². The Labute approximate surface area is 170 Å². The van der Waals surface area contributed by atoms with Crippen LogP contribution in [0.15, 0.2) is 29.2 Å². The van der Waals surface area contributed by atoms with E-state index in [1.165, 1.54) is 21.3 Å². The van der Waals surface area contributed by atoms with Crippen LogP contribution in [0.1, 0.15) is 27.7 Å². The van der Waals surface area contributed by atoms with E-state index in [-0.39, 0.29) is 42.0 Å². The first-order valence-electron chi connectivity index (χ1n) is 8.95. The van der Waals surface area contributed by atoms with Crippen molar-refractivity contribution in [2.75, 3.05) is 26.2 Å². The molecule has 0 radical (unpaired) electrons. The summed E-state index contributed by atoms with van der Waals surface area (Å²) in [5.74, 6) is -0.291. The quantitative estimate of drug-likeness (QED) is 0.787. The van der Waals surface area contributed by atoms with Crippen molar-refractivity contribution >= 4 is 33.6 Å². The number of hydrogen-bond donors (Lipinski definition) is 1. The molecule has 0 aromatic heterocycles. The van der Waals surface area contributed by atoms with Crippen molar-refractivity contribution in [2.45, 2.75) is 44.2 Å². The van der Waals surface area contributed by atoms with Gasteiger partial charge in [0.15, 0.2) is 0 Å². The minimum Gasteiger partial charge on any atom is -0.444 e. The molecule has 2 rings (SSSR count). The van der Waals surface area contributed by atoms with Crippen LogP contribution in [0.4, 0.5) is 4.79 Å². The van der Waals surface area contributed by atoms with E-state index >= 15 is 0 Å². The standard InChI is InChI=1S/C18H26ClN3O5S/c1-13(20-17(24)27-18(2,3)4)16(23)21-9-11-22(12-10-21)28(25,26)15-8-6-5-7-14(15)19/h5-8,13H,9-12H2,1-4H3,(H,20,24). The number of nitrogens with zero attached hydrogens (tertiary/aromatic N) is 2. The molecule has 1 aromatic rings. The van der Waals surface area contributed by atoms with Crippen molar-refractivity contribution in [2.24, 2.45) is 0 Å². The Morgan fingerprint density at radius 1 is 1.14 bits per heavy atom. The number of alkyl carbamates (subject to hydrolysis) is 1. The van der Waals surface area contributed by atoms with E-state index in [1.54, 1.807) is 39.8 Å². The van der Waals surface area contributed by atoms with Crippen molar-refractivity contribution in [3.63, 3.8) is 0 Å². The van der Waals surface area contributed by atoms with E-state index < -0.39 is 27.8 Å². The largest absolute Gasteiger partial charge is 0.444 e. The molecule has 1 heterocycles. The zero-order valence-electron chi connectivity index (χ0n) is 16.4. The number of rotatable bonds is 4. The van der Waals surface area contributed by atoms with Gasteiger partial charge < -0.3 is 15.0 Å². The summed E-state index contributed by atoms with van der Waals surface area (Å²) in [6, 6.07) is 5.49. The predicted octanol–water partition coefficient (Wildman–Crippen LogP) is 2.09. The highest BCUT2D eigenvalue weighted by molar-refractivity contribution is 7.89. The van der Waals surface area contributed by atoms with E-state index in [0.717, 1.165) is 0 Å². The van der Waals surface area contributed by atoms with Crippen LogP contribution in [0.2, 0.25) is 5.02 Å². The summed E-state index contributed by atoms with van der Waals surface area (Å²) >= 11 is 6.02. The Bertz CT molecular complexity index is 830. The summed E-state index contributed by atoms with van der Waals surface area (Å²) in [6.45, 7) is 7.52. The number of benzene rings is 1. The SMILES string of the molecule is CC(NC(=O)OC(C)(C)C)C(=O)N1CCN(S(=O)(=O)c2ccccc2Cl)CC1. The van der Waals surface area contributed by atoms with Crippen LogP contribution in [-0.4, -0.2) is 67.4 Å². The minimum absolute atomic E-state index is 0.0522. The summed E-state index contributed by atoms with van der Waals surface area (Å²) in [7, 11) is -3.73. The fraction of sp³-hybridized carbons (Fsp3) is 0.556. The summed E-state index contributed by atoms with van der Waals surface area (Å²) in [5, 5.41) is 2.67. The molecule has 0 aliphatic carbocycles. The van der Waals surface area contributed by atoms with Gasteiger partial charge in [0, 0.05) is 26.2 Å². The van der Waals surface area contributed by atoms with Gasteiger partial charge in [-0.2, -0.15) is 4.31 Å². The van der Waals surface area contributed by atoms with Crippen molar-refractivity contribution in [1.82, 2.24) is 14.5 Å². The molecule has 1 saturated heterocycles. The second kappa shape index (κ2) is 8.67. The molecule has 28 heavy (non-hydrogen) atoms. The Hall–Kier alpha value is -1.84. The van der Waals surface area contributed by atoms with Crippen molar-refractivity contribution in [1.29, 1.82) is 0 Å². The number of carbonyl (C=O) groups excluding carboxylic acids is 2. The van der Waals surface area contributed by atoms with E-state index in [2.05, 4.69) is 5.32 Å². The molecular weight excluding hydrogens is 406 g/mol. The number of sulfonamides is 1. The highest BCUT2D eigenvalue weighted by atomic mass is 35.5. The maximum absolute atomic E-state index is 12.8. The fourth-order valence-corrected chi connectivity index (χ4v) is 4.68. The molecule has 1 atom stereocenters. The number of piperazine rings is 1. The molecule has 8 nitrogen and oxygen atoms in total. The van der Waals surface area contributed by atoms with Gasteiger partial charge in [-0.3, -0.25) is 4.79 Å². The van der Waals surface area contributed by atoms with Gasteiger partial charge in [0.05, 0.1) is 5.02 Å². The molecule has 10 heteroatoms. The van der Waals surface area contributed by atoms with Crippen LogP contribution in [-0.2, 0) is 19.6 Å². The van der Waals surface area contributed by atoms with Gasteiger partial charge in [0.25, 0.3) is 0 Å². The first kappa shape index (κ1) is 22.4. The highest BCUT2D eigenvalue weighted by Crippen LogP contribution is 2.25. The Balaban J connectivity index is 1.95. The number of halogens is 1. The summed E-state index contributed by atoms with van der Waals surface area (Å²) in [6.07, 6.45) is -0.673. The van der Waals surface area contributed by atoms with E-state index in [9.17, 15) is 18.0 Å². The van der Waals surface area contributed by atoms with Crippen molar-refractivity contribution in [3.8, 4) is 0 Å². The van der Waals surface area contributed by atoms with Crippen molar-refractivity contribution in [3.05, 3.63) is 29.3 Å². The minimum atomic E-state index is -3.73. The predicted molar refractivity (Wildman–Crippen MR) is 106 cm³/mol. The van der Waals surface area contributed by atoms with E-state index in [1.807, 2.05) is 0 Å². The molecule has 0 saturated carbocycles. The zero-order chi connectivity index (χ0) is 21.1. The number of carbonyl (C=O) groups is 2. The van der Waals surface area contributed by atoms with Crippen LogP contribution >= 0.6 is 11.6 Å². The lowest BCUT2D eigenvalue weighted by atomic mass is 10.2. The van der Waals surface area contributed by atoms with Gasteiger partial charge in [-0.25, -0.2) is 13.2 Å². The smallest absolute Gasteiger partial charge is 0.408 e. The number of amides is 2. The lowest BCUT2D eigenvalue weighted by molar-refractivity contribution is -0.134. The van der Waals surface area contributed by atoms with Crippen LogP contribution < -0.4 is 5.32 Å². The molecule has 1 aliphatic heterocycles. The van der Waals surface area contributed by atoms with Crippen molar-refractivity contribution < 1.29 is 22.7 Å². The number of ether oxygens (including phenoxy) is 1. The number of nitrogens with one attached hydrogen (secondary N) is 1. The van der Waals surface area contributed by atoms with Gasteiger partial charge in [-0.05, 0) is 39.8 Å². The molecular formula is C18H26ClN3O5S. The topological polar surface area (TPSA) is 96.0 Å². The molecule has 0 spiro atoms. The Kier molecular flexibility index (Phi) is 6.95. The summed E-state index contributed by atoms with van der Waals surface area (Å²) < 4.78 is 32.0. The molecule has 1 aromatic carbocycles. The molecule has 1 N–H and O–H groups in total. The third-order valence-corrected chi connectivity index (χ3v) is 6.51. The monoisotopic (exact) mass is 431 g/mol. The molecule has 1 unspecified atom stereocenters. The zero-order valence-corrected chi connectivity index (χ0v) is 18.0. The van der Waals surface area contributed by atoms with Crippen LogP contribution in [0, 0.1) is 0 Å². The lowest BCUT2D eigenvalue weighted by Gasteiger charge is -2.35. The maximum atomic E-state index is 12.8. The second-order valence-electron chi connectivity index (χ2n) is 7.53. The van der Waals surface area contributed by atoms with Gasteiger partial charge in [0.2, 0.25) is 15.9 Å². The normalized spacial score (nSPS) is 17.1. The molecule has 0 bridgehead atoms. The average Bonchev–Trinajstić information content (AvgIpc) is 2.59. The first-order valence-corrected chi connectivity index (χ1v) is 10.8. The van der Waals surface area contributed by atoms with Gasteiger partial charge in [-0.15, -0.1) is 0 Å². The first-order chi connectivity index (χ1) is 12.9. The Morgan fingerprint density at radius 2 is 1.71 bits per heavy atom. The maximum Gasteiger partial charge on any atom is 0.408 e. The average molecular weight is 432 g/mol. The molecule has 2 amide bonds. The summed E-state index contributed by atoms with van der Waals surface area (Å²) in [5.41, 5.74) is -0.661. The molecule has 1 aliphatic rings.